The number of carbonyl (C=O) groups is 3. The van der Waals surface area contributed by atoms with Crippen molar-refractivity contribution in [3.05, 3.63) is 0 Å². The van der Waals surface area contributed by atoms with Gasteiger partial charge in [-0.2, -0.15) is 0 Å². The second-order valence-electron chi connectivity index (χ2n) is 5.03. The van der Waals surface area contributed by atoms with Gasteiger partial charge in [-0.1, -0.05) is 20.8 Å². The number of hydrogen-bond donors (Lipinski definition) is 4. The number of carbonyl (C=O) groups excluding carboxylic acids is 2. The zero-order valence-corrected chi connectivity index (χ0v) is 11.0. The molecule has 0 aliphatic carbocycles. The lowest BCUT2D eigenvalue weighted by molar-refractivity contribution is -0.143. The molecule has 4 N–H and O–H groups in total. The molecule has 0 fully saturated rings. The van der Waals surface area contributed by atoms with E-state index in [0.717, 1.165) is 0 Å². The number of rotatable bonds is 5. The van der Waals surface area contributed by atoms with Gasteiger partial charge in [0.2, 0.25) is 11.8 Å². The van der Waals surface area contributed by atoms with Gasteiger partial charge in [0.15, 0.2) is 0 Å². The fraction of sp³-hybridized carbons (Fsp3) is 0.727. The Labute approximate surface area is 106 Å². The normalized spacial score (nSPS) is 14.5. The van der Waals surface area contributed by atoms with E-state index in [0.29, 0.717) is 0 Å². The van der Waals surface area contributed by atoms with E-state index in [-0.39, 0.29) is 5.91 Å². The van der Waals surface area contributed by atoms with Crippen molar-refractivity contribution in [2.75, 3.05) is 6.61 Å². The molecule has 0 aromatic heterocycles. The fourth-order valence-electron chi connectivity index (χ4n) is 0.961. The molecule has 2 unspecified atom stereocenters. The van der Waals surface area contributed by atoms with Crippen LogP contribution in [0.4, 0.5) is 0 Å². The summed E-state index contributed by atoms with van der Waals surface area (Å²) in [6.07, 6.45) is 0. The molecular weight excluding hydrogens is 240 g/mol. The lowest BCUT2D eigenvalue weighted by Gasteiger charge is -2.22. The van der Waals surface area contributed by atoms with Crippen LogP contribution < -0.4 is 10.6 Å². The molecule has 0 bridgehead atoms. The molecule has 7 nitrogen and oxygen atoms in total. The van der Waals surface area contributed by atoms with Crippen molar-refractivity contribution in [2.24, 2.45) is 5.41 Å². The number of nitrogens with one attached hydrogen (secondary N) is 2. The van der Waals surface area contributed by atoms with Crippen molar-refractivity contribution in [2.45, 2.75) is 39.8 Å². The third-order valence-electron chi connectivity index (χ3n) is 2.22. The average Bonchev–Trinajstić information content (AvgIpc) is 2.23. The predicted molar refractivity (Wildman–Crippen MR) is 63.7 cm³/mol. The van der Waals surface area contributed by atoms with Crippen molar-refractivity contribution in [3.63, 3.8) is 0 Å². The highest BCUT2D eigenvalue weighted by atomic mass is 16.4. The molecule has 0 heterocycles. The topological polar surface area (TPSA) is 116 Å². The third-order valence-corrected chi connectivity index (χ3v) is 2.22. The van der Waals surface area contributed by atoms with Crippen LogP contribution in [0.3, 0.4) is 0 Å². The van der Waals surface area contributed by atoms with Gasteiger partial charge in [0.05, 0.1) is 6.61 Å². The Morgan fingerprint density at radius 3 is 2.00 bits per heavy atom. The number of amides is 2. The standard InChI is InChI=1S/C11H20N2O5/c1-6(12-10(18)11(2,3)4)8(15)13-7(5-14)9(16)17/h6-7,14H,5H2,1-4H3,(H,12,18)(H,13,15)(H,16,17). The zero-order chi connectivity index (χ0) is 14.5. The second kappa shape index (κ2) is 6.34. The van der Waals surface area contributed by atoms with Crippen LogP contribution in [-0.2, 0) is 14.4 Å². The average molecular weight is 260 g/mol. The van der Waals surface area contributed by atoms with Gasteiger partial charge in [0.25, 0.3) is 0 Å². The molecule has 0 rings (SSSR count). The van der Waals surface area contributed by atoms with E-state index in [1.54, 1.807) is 20.8 Å². The fourth-order valence-corrected chi connectivity index (χ4v) is 0.961. The summed E-state index contributed by atoms with van der Waals surface area (Å²) >= 11 is 0. The molecule has 0 aromatic carbocycles. The molecule has 104 valence electrons. The molecule has 0 aliphatic rings. The van der Waals surface area contributed by atoms with E-state index in [1.807, 2.05) is 0 Å². The van der Waals surface area contributed by atoms with Gasteiger partial charge in [0, 0.05) is 5.41 Å². The Balaban J connectivity index is 4.44. The highest BCUT2D eigenvalue weighted by molar-refractivity contribution is 5.91. The van der Waals surface area contributed by atoms with Gasteiger partial charge < -0.3 is 20.8 Å². The van der Waals surface area contributed by atoms with Crippen molar-refractivity contribution >= 4 is 17.8 Å². The minimum absolute atomic E-state index is 0.318. The van der Waals surface area contributed by atoms with Gasteiger partial charge in [-0.3, -0.25) is 9.59 Å². The number of aliphatic carboxylic acids is 1. The van der Waals surface area contributed by atoms with Crippen LogP contribution in [0.15, 0.2) is 0 Å². The highest BCUT2D eigenvalue weighted by Gasteiger charge is 2.27. The van der Waals surface area contributed by atoms with Crippen molar-refractivity contribution < 1.29 is 24.6 Å². The lowest BCUT2D eigenvalue weighted by Crippen LogP contribution is -2.53. The summed E-state index contributed by atoms with van der Waals surface area (Å²) < 4.78 is 0. The van der Waals surface area contributed by atoms with Crippen LogP contribution in [0.2, 0.25) is 0 Å². The maximum absolute atomic E-state index is 11.6. The number of aliphatic hydroxyl groups excluding tert-OH is 1. The summed E-state index contributed by atoms with van der Waals surface area (Å²) in [5.74, 6) is -2.31. The minimum atomic E-state index is -1.37. The van der Waals surface area contributed by atoms with Crippen LogP contribution in [0.25, 0.3) is 0 Å². The van der Waals surface area contributed by atoms with Crippen LogP contribution in [0.1, 0.15) is 27.7 Å². The number of hydrogen-bond acceptors (Lipinski definition) is 4. The van der Waals surface area contributed by atoms with E-state index in [4.69, 9.17) is 10.2 Å². The second-order valence-corrected chi connectivity index (χ2v) is 5.03. The summed E-state index contributed by atoms with van der Waals surface area (Å²) in [5.41, 5.74) is -0.641. The van der Waals surface area contributed by atoms with Crippen LogP contribution in [-0.4, -0.2) is 46.7 Å². The largest absolute Gasteiger partial charge is 0.480 e. The van der Waals surface area contributed by atoms with Gasteiger partial charge >= 0.3 is 5.97 Å². The van der Waals surface area contributed by atoms with Crippen LogP contribution >= 0.6 is 0 Å². The van der Waals surface area contributed by atoms with E-state index in [1.165, 1.54) is 6.92 Å². The maximum Gasteiger partial charge on any atom is 0.328 e. The smallest absolute Gasteiger partial charge is 0.328 e. The summed E-state index contributed by atoms with van der Waals surface area (Å²) in [7, 11) is 0. The van der Waals surface area contributed by atoms with Gasteiger partial charge in [-0.05, 0) is 6.92 Å². The summed E-state index contributed by atoms with van der Waals surface area (Å²) in [5, 5.41) is 22.0. The number of aliphatic hydroxyl groups is 1. The summed E-state index contributed by atoms with van der Waals surface area (Å²) in [6.45, 7) is 5.82. The molecule has 0 aromatic rings. The molecule has 0 aliphatic heterocycles. The third kappa shape index (κ3) is 5.13. The maximum atomic E-state index is 11.6. The molecule has 7 heteroatoms. The lowest BCUT2D eigenvalue weighted by atomic mass is 9.95. The molecule has 18 heavy (non-hydrogen) atoms. The Bertz CT molecular complexity index is 335. The Morgan fingerprint density at radius 1 is 1.17 bits per heavy atom. The zero-order valence-electron chi connectivity index (χ0n) is 11.0. The van der Waals surface area contributed by atoms with E-state index >= 15 is 0 Å². The Hall–Kier alpha value is -1.63. The van der Waals surface area contributed by atoms with Gasteiger partial charge in [-0.25, -0.2) is 4.79 Å². The summed E-state index contributed by atoms with van der Waals surface area (Å²) in [6, 6.07) is -2.24. The van der Waals surface area contributed by atoms with E-state index in [9.17, 15) is 14.4 Å². The predicted octanol–water partition coefficient (Wildman–Crippen LogP) is -0.901. The van der Waals surface area contributed by atoms with Gasteiger partial charge in [0.1, 0.15) is 12.1 Å². The molecule has 0 saturated carbocycles. The Morgan fingerprint density at radius 2 is 1.67 bits per heavy atom. The number of carboxylic acid groups (broad SMARTS) is 1. The van der Waals surface area contributed by atoms with Crippen molar-refractivity contribution in [1.29, 1.82) is 0 Å². The highest BCUT2D eigenvalue weighted by Crippen LogP contribution is 2.12. The Kier molecular flexibility index (Phi) is 5.77. The van der Waals surface area contributed by atoms with Gasteiger partial charge in [-0.15, -0.1) is 0 Å². The van der Waals surface area contributed by atoms with Crippen molar-refractivity contribution in [1.82, 2.24) is 10.6 Å². The van der Waals surface area contributed by atoms with Crippen LogP contribution in [0, 0.1) is 5.41 Å². The van der Waals surface area contributed by atoms with Crippen molar-refractivity contribution in [3.8, 4) is 0 Å². The molecule has 0 spiro atoms. The first-order valence-corrected chi connectivity index (χ1v) is 5.54. The molecule has 0 saturated heterocycles. The summed E-state index contributed by atoms with van der Waals surface area (Å²) in [4.78, 5) is 33.8. The molecular formula is C11H20N2O5. The van der Waals surface area contributed by atoms with E-state index < -0.39 is 36.0 Å². The molecule has 2 atom stereocenters. The first-order valence-electron chi connectivity index (χ1n) is 5.54. The molecule has 0 radical (unpaired) electrons. The number of carboxylic acids is 1. The van der Waals surface area contributed by atoms with E-state index in [2.05, 4.69) is 10.6 Å². The first-order chi connectivity index (χ1) is 8.09. The SMILES string of the molecule is CC(NC(=O)C(C)(C)C)C(=O)NC(CO)C(=O)O. The quantitative estimate of drug-likeness (QED) is 0.511. The first kappa shape index (κ1) is 16.4. The minimum Gasteiger partial charge on any atom is -0.480 e. The molecule has 2 amide bonds. The van der Waals surface area contributed by atoms with Crippen LogP contribution in [0.5, 0.6) is 0 Å². The monoisotopic (exact) mass is 260 g/mol.